The number of aromatic nitrogens is 2. The molecule has 17 heavy (non-hydrogen) atoms. The molecule has 0 fully saturated rings. The maximum Gasteiger partial charge on any atom is 0.316 e. The van der Waals surface area contributed by atoms with Gasteiger partial charge in [0, 0.05) is 18.9 Å². The minimum atomic E-state index is -0.949. The minimum absolute atomic E-state index is 0.223. The van der Waals surface area contributed by atoms with Crippen LogP contribution in [-0.2, 0) is 11.3 Å². The number of hydrogen-bond acceptors (Lipinski definition) is 4. The fourth-order valence-corrected chi connectivity index (χ4v) is 2.04. The molecule has 0 aliphatic carbocycles. The van der Waals surface area contributed by atoms with E-state index in [1.54, 1.807) is 10.8 Å². The van der Waals surface area contributed by atoms with Crippen molar-refractivity contribution < 1.29 is 9.90 Å². The van der Waals surface area contributed by atoms with E-state index >= 15 is 0 Å². The highest BCUT2D eigenvalue weighted by atomic mass is 32.2. The highest BCUT2D eigenvalue weighted by Gasteiger charge is 2.16. The monoisotopic (exact) mass is 256 g/mol. The van der Waals surface area contributed by atoms with E-state index in [-0.39, 0.29) is 10.6 Å². The van der Waals surface area contributed by atoms with Crippen molar-refractivity contribution in [3.63, 3.8) is 0 Å². The Morgan fingerprint density at radius 2 is 2.18 bits per heavy atom. The molecule has 1 aromatic heterocycles. The van der Waals surface area contributed by atoms with Gasteiger partial charge in [-0.3, -0.25) is 9.59 Å². The minimum Gasteiger partial charge on any atom is -0.480 e. The standard InChI is InChI=1S/C11H16N2O3S/c1-7(2)6-13-5-4-12-9(10(13)14)17-8(3)11(15)16/h4-5,7-8H,6H2,1-3H3,(H,15,16). The molecule has 0 aliphatic heterocycles. The summed E-state index contributed by atoms with van der Waals surface area (Å²) in [7, 11) is 0. The van der Waals surface area contributed by atoms with E-state index in [9.17, 15) is 9.59 Å². The predicted molar refractivity (Wildman–Crippen MR) is 66.3 cm³/mol. The number of rotatable bonds is 5. The summed E-state index contributed by atoms with van der Waals surface area (Å²) in [6, 6.07) is 0. The van der Waals surface area contributed by atoms with Crippen LogP contribution in [0.3, 0.4) is 0 Å². The van der Waals surface area contributed by atoms with E-state index in [1.165, 1.54) is 13.1 Å². The van der Waals surface area contributed by atoms with Gasteiger partial charge in [-0.05, 0) is 12.8 Å². The lowest BCUT2D eigenvalue weighted by Crippen LogP contribution is -2.25. The third-order valence-electron chi connectivity index (χ3n) is 2.08. The van der Waals surface area contributed by atoms with Gasteiger partial charge in [0.05, 0.1) is 0 Å². The van der Waals surface area contributed by atoms with Gasteiger partial charge in [-0.2, -0.15) is 0 Å². The molecule has 6 heteroatoms. The normalized spacial score (nSPS) is 12.7. The number of thioether (sulfide) groups is 1. The Bertz CT molecular complexity index is 456. The Kier molecular flexibility index (Phi) is 4.74. The van der Waals surface area contributed by atoms with E-state index in [2.05, 4.69) is 4.98 Å². The van der Waals surface area contributed by atoms with E-state index < -0.39 is 11.2 Å². The maximum atomic E-state index is 11.9. The SMILES string of the molecule is CC(C)Cn1ccnc(SC(C)C(=O)O)c1=O. The van der Waals surface area contributed by atoms with Gasteiger partial charge in [0.2, 0.25) is 0 Å². The van der Waals surface area contributed by atoms with Crippen LogP contribution in [0.2, 0.25) is 0 Å². The number of nitrogens with zero attached hydrogens (tertiary/aromatic N) is 2. The molecule has 1 atom stereocenters. The molecule has 0 aliphatic rings. The molecule has 0 spiro atoms. The van der Waals surface area contributed by atoms with Crippen molar-refractivity contribution in [2.24, 2.45) is 5.92 Å². The van der Waals surface area contributed by atoms with Crippen molar-refractivity contribution in [3.05, 3.63) is 22.7 Å². The summed E-state index contributed by atoms with van der Waals surface area (Å²) in [5.41, 5.74) is -0.223. The van der Waals surface area contributed by atoms with Gasteiger partial charge in [0.1, 0.15) is 5.25 Å². The molecule has 0 saturated carbocycles. The van der Waals surface area contributed by atoms with Crippen LogP contribution in [0.4, 0.5) is 0 Å². The first kappa shape index (κ1) is 13.8. The van der Waals surface area contributed by atoms with Crippen molar-refractivity contribution in [1.29, 1.82) is 0 Å². The van der Waals surface area contributed by atoms with Crippen LogP contribution in [0, 0.1) is 5.92 Å². The molecule has 1 N–H and O–H groups in total. The predicted octanol–water partition coefficient (Wildman–Crippen LogP) is 1.46. The fraction of sp³-hybridized carbons (Fsp3) is 0.545. The van der Waals surface area contributed by atoms with Crippen molar-refractivity contribution in [2.45, 2.75) is 37.6 Å². The van der Waals surface area contributed by atoms with Crippen LogP contribution in [-0.4, -0.2) is 25.9 Å². The molecule has 1 rings (SSSR count). The number of carboxylic acids is 1. The van der Waals surface area contributed by atoms with E-state index in [0.717, 1.165) is 11.8 Å². The molecule has 0 bridgehead atoms. The summed E-state index contributed by atoms with van der Waals surface area (Å²) in [5, 5.41) is 8.35. The van der Waals surface area contributed by atoms with Crippen molar-refractivity contribution in [3.8, 4) is 0 Å². The largest absolute Gasteiger partial charge is 0.480 e. The summed E-state index contributed by atoms with van der Waals surface area (Å²) in [6.45, 7) is 6.17. The van der Waals surface area contributed by atoms with Crippen LogP contribution >= 0.6 is 11.8 Å². The molecule has 0 aromatic carbocycles. The van der Waals surface area contributed by atoms with Gasteiger partial charge in [-0.25, -0.2) is 4.98 Å². The van der Waals surface area contributed by atoms with Crippen LogP contribution < -0.4 is 5.56 Å². The van der Waals surface area contributed by atoms with E-state index in [4.69, 9.17) is 5.11 Å². The molecule has 5 nitrogen and oxygen atoms in total. The lowest BCUT2D eigenvalue weighted by molar-refractivity contribution is -0.136. The molecule has 1 heterocycles. The Morgan fingerprint density at radius 1 is 1.53 bits per heavy atom. The molecule has 94 valence electrons. The lowest BCUT2D eigenvalue weighted by Gasteiger charge is -2.10. The van der Waals surface area contributed by atoms with E-state index in [0.29, 0.717) is 12.5 Å². The van der Waals surface area contributed by atoms with Crippen LogP contribution in [0.5, 0.6) is 0 Å². The molecular formula is C11H16N2O3S. The Labute approximate surface area is 104 Å². The van der Waals surface area contributed by atoms with Crippen molar-refractivity contribution in [1.82, 2.24) is 9.55 Å². The fourth-order valence-electron chi connectivity index (χ4n) is 1.26. The smallest absolute Gasteiger partial charge is 0.316 e. The topological polar surface area (TPSA) is 72.2 Å². The number of aliphatic carboxylic acids is 1. The average molecular weight is 256 g/mol. The summed E-state index contributed by atoms with van der Waals surface area (Å²) in [4.78, 5) is 26.6. The number of carboxylic acid groups (broad SMARTS) is 1. The van der Waals surface area contributed by atoms with Gasteiger partial charge in [-0.1, -0.05) is 25.6 Å². The van der Waals surface area contributed by atoms with Gasteiger partial charge < -0.3 is 9.67 Å². The van der Waals surface area contributed by atoms with Crippen LogP contribution in [0.25, 0.3) is 0 Å². The van der Waals surface area contributed by atoms with Gasteiger partial charge >= 0.3 is 5.97 Å². The number of hydrogen-bond donors (Lipinski definition) is 1. The first-order chi connectivity index (χ1) is 7.91. The lowest BCUT2D eigenvalue weighted by atomic mass is 10.2. The zero-order chi connectivity index (χ0) is 13.0. The zero-order valence-corrected chi connectivity index (χ0v) is 10.9. The summed E-state index contributed by atoms with van der Waals surface area (Å²) in [6.07, 6.45) is 3.15. The molecule has 0 saturated heterocycles. The summed E-state index contributed by atoms with van der Waals surface area (Å²) in [5.74, 6) is -0.597. The highest BCUT2D eigenvalue weighted by Crippen LogP contribution is 2.17. The molecule has 1 aromatic rings. The number of carbonyl (C=O) groups is 1. The molecule has 1 unspecified atom stereocenters. The molecule has 0 amide bonds. The Hall–Kier alpha value is -1.30. The van der Waals surface area contributed by atoms with Crippen LogP contribution in [0.15, 0.2) is 22.2 Å². The van der Waals surface area contributed by atoms with Gasteiger partial charge in [0.15, 0.2) is 5.03 Å². The maximum absolute atomic E-state index is 11.9. The summed E-state index contributed by atoms with van der Waals surface area (Å²) < 4.78 is 1.56. The third kappa shape index (κ3) is 3.89. The van der Waals surface area contributed by atoms with Crippen LogP contribution in [0.1, 0.15) is 20.8 Å². The van der Waals surface area contributed by atoms with Gasteiger partial charge in [-0.15, -0.1) is 0 Å². The third-order valence-corrected chi connectivity index (χ3v) is 3.14. The zero-order valence-electron chi connectivity index (χ0n) is 10.1. The van der Waals surface area contributed by atoms with Crippen molar-refractivity contribution in [2.75, 3.05) is 0 Å². The highest BCUT2D eigenvalue weighted by molar-refractivity contribution is 8.00. The first-order valence-corrected chi connectivity index (χ1v) is 6.24. The molecular weight excluding hydrogens is 240 g/mol. The second-order valence-electron chi connectivity index (χ2n) is 4.18. The first-order valence-electron chi connectivity index (χ1n) is 5.36. The summed E-state index contributed by atoms with van der Waals surface area (Å²) >= 11 is 0.976. The second-order valence-corrected chi connectivity index (χ2v) is 5.51. The second kappa shape index (κ2) is 5.86. The van der Waals surface area contributed by atoms with Crippen molar-refractivity contribution >= 4 is 17.7 Å². The van der Waals surface area contributed by atoms with Gasteiger partial charge in [0.25, 0.3) is 5.56 Å². The van der Waals surface area contributed by atoms with E-state index in [1.807, 2.05) is 13.8 Å². The quantitative estimate of drug-likeness (QED) is 0.808. The molecule has 0 radical (unpaired) electrons. The Morgan fingerprint density at radius 3 is 2.71 bits per heavy atom. The average Bonchev–Trinajstić information content (AvgIpc) is 2.23. The Balaban J connectivity index is 2.94.